The second kappa shape index (κ2) is 4.56. The highest BCUT2D eigenvalue weighted by molar-refractivity contribution is 7.84. The molecule has 1 amide bonds. The lowest BCUT2D eigenvalue weighted by atomic mass is 10.1. The highest BCUT2D eigenvalue weighted by Gasteiger charge is 2.32. The quantitative estimate of drug-likeness (QED) is 0.670. The Kier molecular flexibility index (Phi) is 3.64. The molecule has 14 heavy (non-hydrogen) atoms. The number of nitrogens with zero attached hydrogens (tertiary/aromatic N) is 2. The van der Waals surface area contributed by atoms with Gasteiger partial charge in [-0.25, -0.2) is 0 Å². The van der Waals surface area contributed by atoms with Crippen LogP contribution in [0.15, 0.2) is 0 Å². The zero-order chi connectivity index (χ0) is 10.7. The Balaban J connectivity index is 2.57. The van der Waals surface area contributed by atoms with E-state index in [9.17, 15) is 9.00 Å². The maximum absolute atomic E-state index is 11.4. The first-order chi connectivity index (χ1) is 6.54. The molecule has 0 aromatic carbocycles. The zero-order valence-corrected chi connectivity index (χ0v) is 9.21. The minimum absolute atomic E-state index is 0.00880. The number of likely N-dealkylation sites (tertiary alicyclic amines) is 1. The first-order valence-corrected chi connectivity index (χ1v) is 6.26. The van der Waals surface area contributed by atoms with Gasteiger partial charge in [0.1, 0.15) is 0 Å². The molecule has 1 rings (SSSR count). The van der Waals surface area contributed by atoms with E-state index in [0.29, 0.717) is 18.7 Å². The van der Waals surface area contributed by atoms with Crippen molar-refractivity contribution < 1.29 is 9.00 Å². The van der Waals surface area contributed by atoms with Crippen molar-refractivity contribution in [3.8, 4) is 6.07 Å². The van der Waals surface area contributed by atoms with Crippen LogP contribution in [0.1, 0.15) is 13.3 Å². The Hall–Kier alpha value is -0.890. The Morgan fingerprint density at radius 2 is 2.43 bits per heavy atom. The average Bonchev–Trinajstić information content (AvgIpc) is 2.45. The van der Waals surface area contributed by atoms with Crippen molar-refractivity contribution in [3.63, 3.8) is 0 Å². The van der Waals surface area contributed by atoms with Gasteiger partial charge in [0.2, 0.25) is 5.91 Å². The Morgan fingerprint density at radius 1 is 1.79 bits per heavy atom. The second-order valence-electron chi connectivity index (χ2n) is 3.67. The van der Waals surface area contributed by atoms with Gasteiger partial charge in [0, 0.05) is 41.8 Å². The van der Waals surface area contributed by atoms with Crippen LogP contribution in [-0.2, 0) is 15.6 Å². The molecule has 1 aliphatic heterocycles. The molecule has 78 valence electrons. The SMILES string of the molecule is CC(CS(C)=O)N1CC(C#N)CC1=O. The Morgan fingerprint density at radius 3 is 2.86 bits per heavy atom. The van der Waals surface area contributed by atoms with Crippen LogP contribution in [0.3, 0.4) is 0 Å². The minimum atomic E-state index is -0.897. The second-order valence-corrected chi connectivity index (χ2v) is 5.14. The van der Waals surface area contributed by atoms with Gasteiger partial charge in [0.25, 0.3) is 0 Å². The first kappa shape index (κ1) is 11.2. The molecule has 4 nitrogen and oxygen atoms in total. The van der Waals surface area contributed by atoms with Crippen LogP contribution in [0.25, 0.3) is 0 Å². The molecule has 1 aliphatic rings. The molecule has 0 saturated carbocycles. The Bertz CT molecular complexity index is 298. The van der Waals surface area contributed by atoms with Gasteiger partial charge >= 0.3 is 0 Å². The monoisotopic (exact) mass is 214 g/mol. The molecule has 0 N–H and O–H groups in total. The topological polar surface area (TPSA) is 61.2 Å². The van der Waals surface area contributed by atoms with Crippen LogP contribution < -0.4 is 0 Å². The van der Waals surface area contributed by atoms with Gasteiger partial charge in [-0.1, -0.05) is 0 Å². The van der Waals surface area contributed by atoms with Crippen molar-refractivity contribution in [1.29, 1.82) is 5.26 Å². The molecule has 0 bridgehead atoms. The maximum Gasteiger partial charge on any atom is 0.224 e. The maximum atomic E-state index is 11.4. The molecule has 0 aromatic heterocycles. The first-order valence-electron chi connectivity index (χ1n) is 4.53. The molecular weight excluding hydrogens is 200 g/mol. The molecular formula is C9H14N2O2S. The lowest BCUT2D eigenvalue weighted by Crippen LogP contribution is -2.37. The van der Waals surface area contributed by atoms with Gasteiger partial charge in [-0.15, -0.1) is 0 Å². The van der Waals surface area contributed by atoms with E-state index in [-0.39, 0.29) is 17.9 Å². The van der Waals surface area contributed by atoms with Gasteiger partial charge in [0.05, 0.1) is 12.0 Å². The predicted octanol–water partition coefficient (Wildman–Crippen LogP) is 0.125. The van der Waals surface area contributed by atoms with Crippen LogP contribution in [0.4, 0.5) is 0 Å². The molecule has 0 spiro atoms. The zero-order valence-electron chi connectivity index (χ0n) is 8.40. The summed E-state index contributed by atoms with van der Waals surface area (Å²) < 4.78 is 11.0. The van der Waals surface area contributed by atoms with Crippen molar-refractivity contribution in [2.24, 2.45) is 5.92 Å². The van der Waals surface area contributed by atoms with Crippen LogP contribution in [-0.4, -0.2) is 39.6 Å². The van der Waals surface area contributed by atoms with Gasteiger partial charge in [-0.05, 0) is 6.92 Å². The van der Waals surface area contributed by atoms with Crippen molar-refractivity contribution >= 4 is 16.7 Å². The number of amides is 1. The highest BCUT2D eigenvalue weighted by atomic mass is 32.2. The molecule has 0 radical (unpaired) electrons. The van der Waals surface area contributed by atoms with E-state index in [1.54, 1.807) is 11.2 Å². The largest absolute Gasteiger partial charge is 0.338 e. The number of rotatable bonds is 3. The molecule has 1 fully saturated rings. The molecule has 5 heteroatoms. The fourth-order valence-corrected chi connectivity index (χ4v) is 2.53. The van der Waals surface area contributed by atoms with E-state index in [1.165, 1.54) is 0 Å². The van der Waals surface area contributed by atoms with Crippen molar-refractivity contribution in [2.75, 3.05) is 18.6 Å². The van der Waals surface area contributed by atoms with Crippen LogP contribution in [0, 0.1) is 17.2 Å². The van der Waals surface area contributed by atoms with E-state index in [0.717, 1.165) is 0 Å². The molecule has 1 saturated heterocycles. The average molecular weight is 214 g/mol. The standard InChI is InChI=1S/C9H14N2O2S/c1-7(6-14(2)13)11-5-8(4-10)3-9(11)12/h7-8H,3,5-6H2,1-2H3. The smallest absolute Gasteiger partial charge is 0.224 e. The number of carbonyl (C=O) groups excluding carboxylic acids is 1. The van der Waals surface area contributed by atoms with Crippen LogP contribution in [0.5, 0.6) is 0 Å². The number of carbonyl (C=O) groups is 1. The summed E-state index contributed by atoms with van der Waals surface area (Å²) in [6.45, 7) is 2.37. The number of hydrogen-bond donors (Lipinski definition) is 0. The fraction of sp³-hybridized carbons (Fsp3) is 0.778. The van der Waals surface area contributed by atoms with Gasteiger partial charge in [0.15, 0.2) is 0 Å². The highest BCUT2D eigenvalue weighted by Crippen LogP contribution is 2.19. The molecule has 3 atom stereocenters. The number of nitriles is 1. The van der Waals surface area contributed by atoms with Gasteiger partial charge < -0.3 is 4.90 Å². The van der Waals surface area contributed by atoms with Crippen molar-refractivity contribution in [1.82, 2.24) is 4.90 Å². The van der Waals surface area contributed by atoms with E-state index < -0.39 is 10.8 Å². The van der Waals surface area contributed by atoms with Crippen molar-refractivity contribution in [2.45, 2.75) is 19.4 Å². The summed E-state index contributed by atoms with van der Waals surface area (Å²) in [6, 6.07) is 2.07. The number of hydrogen-bond acceptors (Lipinski definition) is 3. The third-order valence-corrected chi connectivity index (χ3v) is 3.30. The molecule has 0 aromatic rings. The lowest BCUT2D eigenvalue weighted by molar-refractivity contribution is -0.129. The fourth-order valence-electron chi connectivity index (χ4n) is 1.67. The lowest BCUT2D eigenvalue weighted by Gasteiger charge is -2.23. The summed E-state index contributed by atoms with van der Waals surface area (Å²) in [7, 11) is -0.897. The summed E-state index contributed by atoms with van der Waals surface area (Å²) in [5.74, 6) is 0.314. The molecule has 1 heterocycles. The van der Waals surface area contributed by atoms with Crippen LogP contribution in [0.2, 0.25) is 0 Å². The summed E-state index contributed by atoms with van der Waals surface area (Å²) in [6.07, 6.45) is 1.94. The van der Waals surface area contributed by atoms with E-state index in [1.807, 2.05) is 6.92 Å². The summed E-state index contributed by atoms with van der Waals surface area (Å²) >= 11 is 0. The molecule has 3 unspecified atom stereocenters. The molecule has 0 aliphatic carbocycles. The van der Waals surface area contributed by atoms with Gasteiger partial charge in [-0.2, -0.15) is 5.26 Å². The third kappa shape index (κ3) is 2.55. The Labute approximate surface area is 86.3 Å². The predicted molar refractivity (Wildman–Crippen MR) is 53.8 cm³/mol. The van der Waals surface area contributed by atoms with Crippen molar-refractivity contribution in [3.05, 3.63) is 0 Å². The summed E-state index contributed by atoms with van der Waals surface area (Å²) in [4.78, 5) is 13.1. The summed E-state index contributed by atoms with van der Waals surface area (Å²) in [5, 5.41) is 8.68. The van der Waals surface area contributed by atoms with Gasteiger partial charge in [-0.3, -0.25) is 9.00 Å². The third-order valence-electron chi connectivity index (χ3n) is 2.35. The van der Waals surface area contributed by atoms with E-state index in [4.69, 9.17) is 5.26 Å². The normalized spacial score (nSPS) is 25.9. The minimum Gasteiger partial charge on any atom is -0.338 e. The van der Waals surface area contributed by atoms with Crippen LogP contribution >= 0.6 is 0 Å². The summed E-state index contributed by atoms with van der Waals surface area (Å²) in [5.41, 5.74) is 0. The van der Waals surface area contributed by atoms with E-state index >= 15 is 0 Å². The van der Waals surface area contributed by atoms with E-state index in [2.05, 4.69) is 6.07 Å².